The van der Waals surface area contributed by atoms with Gasteiger partial charge >= 0.3 is 12.0 Å². The number of carbonyl (C=O) groups excluding carboxylic acids is 1. The highest BCUT2D eigenvalue weighted by atomic mass is 16.5. The summed E-state index contributed by atoms with van der Waals surface area (Å²) in [5, 5.41) is 12.3. The molecule has 0 spiro atoms. The SMILES string of the molecule is CN(C(=O)NCC1(C(=O)O)CCOCC1)C1CCCCC1. The molecule has 1 aliphatic heterocycles. The first-order valence-electron chi connectivity index (χ1n) is 7.87. The van der Waals surface area contributed by atoms with Crippen LogP contribution < -0.4 is 5.32 Å². The standard InChI is InChI=1S/C15H26N2O4/c1-17(12-5-3-2-4-6-12)14(20)16-11-15(13(18)19)7-9-21-10-8-15/h12H,2-11H2,1H3,(H,16,20)(H,18,19). The Morgan fingerprint density at radius 2 is 1.86 bits per heavy atom. The number of carbonyl (C=O) groups is 2. The van der Waals surface area contributed by atoms with Gasteiger partial charge in [-0.1, -0.05) is 19.3 Å². The molecular weight excluding hydrogens is 272 g/mol. The normalized spacial score (nSPS) is 22.5. The number of carboxylic acid groups (broad SMARTS) is 1. The number of urea groups is 1. The zero-order valence-electron chi connectivity index (χ0n) is 12.8. The molecule has 2 rings (SSSR count). The van der Waals surface area contributed by atoms with Crippen LogP contribution in [0.5, 0.6) is 0 Å². The minimum atomic E-state index is -0.874. The summed E-state index contributed by atoms with van der Waals surface area (Å²) in [6.07, 6.45) is 6.57. The third kappa shape index (κ3) is 3.87. The van der Waals surface area contributed by atoms with Gasteiger partial charge in [0.05, 0.1) is 5.41 Å². The summed E-state index contributed by atoms with van der Waals surface area (Å²) >= 11 is 0. The number of rotatable bonds is 4. The van der Waals surface area contributed by atoms with E-state index in [9.17, 15) is 14.7 Å². The van der Waals surface area contributed by atoms with Gasteiger partial charge in [0.1, 0.15) is 0 Å². The fraction of sp³-hybridized carbons (Fsp3) is 0.867. The first-order chi connectivity index (χ1) is 10.1. The molecule has 6 nitrogen and oxygen atoms in total. The molecule has 6 heteroatoms. The van der Waals surface area contributed by atoms with Crippen LogP contribution in [0.2, 0.25) is 0 Å². The van der Waals surface area contributed by atoms with E-state index in [0.29, 0.717) is 26.1 Å². The lowest BCUT2D eigenvalue weighted by Gasteiger charge is -2.35. The quantitative estimate of drug-likeness (QED) is 0.830. The van der Waals surface area contributed by atoms with Gasteiger partial charge in [0.15, 0.2) is 0 Å². The molecule has 0 atom stereocenters. The van der Waals surface area contributed by atoms with Gasteiger partial charge in [0.2, 0.25) is 0 Å². The van der Waals surface area contributed by atoms with Crippen molar-refractivity contribution in [3.8, 4) is 0 Å². The molecule has 1 aliphatic carbocycles. The maximum atomic E-state index is 12.2. The Kier molecular flexibility index (Phi) is 5.45. The fourth-order valence-corrected chi connectivity index (χ4v) is 3.23. The van der Waals surface area contributed by atoms with Gasteiger partial charge in [0, 0.05) is 32.8 Å². The van der Waals surface area contributed by atoms with E-state index in [-0.39, 0.29) is 18.6 Å². The Morgan fingerprint density at radius 1 is 1.24 bits per heavy atom. The van der Waals surface area contributed by atoms with Crippen LogP contribution in [0.25, 0.3) is 0 Å². The Balaban J connectivity index is 1.87. The largest absolute Gasteiger partial charge is 0.481 e. The Morgan fingerprint density at radius 3 is 2.43 bits per heavy atom. The van der Waals surface area contributed by atoms with Crippen molar-refractivity contribution in [3.63, 3.8) is 0 Å². The van der Waals surface area contributed by atoms with Gasteiger partial charge in [-0.05, 0) is 25.7 Å². The lowest BCUT2D eigenvalue weighted by atomic mass is 9.80. The maximum Gasteiger partial charge on any atom is 0.317 e. The summed E-state index contributed by atoms with van der Waals surface area (Å²) in [5.41, 5.74) is -0.874. The van der Waals surface area contributed by atoms with Gasteiger partial charge in [-0.25, -0.2) is 4.79 Å². The molecule has 120 valence electrons. The topological polar surface area (TPSA) is 78.9 Å². The van der Waals surface area contributed by atoms with Crippen LogP contribution in [-0.2, 0) is 9.53 Å². The molecule has 0 bridgehead atoms. The zero-order chi connectivity index (χ0) is 15.3. The predicted octanol–water partition coefficient (Wildman–Crippen LogP) is 1.84. The summed E-state index contributed by atoms with van der Waals surface area (Å²) in [6.45, 7) is 1.07. The van der Waals surface area contributed by atoms with E-state index < -0.39 is 11.4 Å². The number of carboxylic acids is 1. The highest BCUT2D eigenvalue weighted by Crippen LogP contribution is 2.30. The fourth-order valence-electron chi connectivity index (χ4n) is 3.23. The zero-order valence-corrected chi connectivity index (χ0v) is 12.8. The van der Waals surface area contributed by atoms with Crippen LogP contribution in [-0.4, -0.2) is 54.9 Å². The Labute approximate surface area is 125 Å². The number of hydrogen-bond donors (Lipinski definition) is 2. The molecule has 2 fully saturated rings. The number of amides is 2. The van der Waals surface area contributed by atoms with Crippen molar-refractivity contribution in [2.45, 2.75) is 51.0 Å². The minimum absolute atomic E-state index is 0.158. The van der Waals surface area contributed by atoms with Gasteiger partial charge < -0.3 is 20.1 Å². The summed E-state index contributed by atoms with van der Waals surface area (Å²) in [5.74, 6) is -0.841. The molecule has 1 saturated carbocycles. The highest BCUT2D eigenvalue weighted by Gasteiger charge is 2.40. The molecule has 2 aliphatic rings. The van der Waals surface area contributed by atoms with Crippen molar-refractivity contribution in [3.05, 3.63) is 0 Å². The van der Waals surface area contributed by atoms with E-state index in [0.717, 1.165) is 12.8 Å². The van der Waals surface area contributed by atoms with Crippen molar-refractivity contribution < 1.29 is 19.4 Å². The van der Waals surface area contributed by atoms with E-state index in [1.165, 1.54) is 19.3 Å². The third-order valence-electron chi connectivity index (χ3n) is 4.92. The first-order valence-corrected chi connectivity index (χ1v) is 7.87. The number of hydrogen-bond acceptors (Lipinski definition) is 3. The molecular formula is C15H26N2O4. The first kappa shape index (κ1) is 16.1. The monoisotopic (exact) mass is 298 g/mol. The molecule has 1 heterocycles. The smallest absolute Gasteiger partial charge is 0.317 e. The van der Waals surface area contributed by atoms with Crippen LogP contribution in [0.3, 0.4) is 0 Å². The number of nitrogens with zero attached hydrogens (tertiary/aromatic N) is 1. The lowest BCUT2D eigenvalue weighted by Crippen LogP contribution is -2.51. The summed E-state index contributed by atoms with van der Waals surface area (Å²) in [6, 6.07) is 0.128. The summed E-state index contributed by atoms with van der Waals surface area (Å²) in [4.78, 5) is 25.5. The Bertz CT molecular complexity index is 374. The van der Waals surface area contributed by atoms with Crippen molar-refractivity contribution in [2.24, 2.45) is 5.41 Å². The van der Waals surface area contributed by atoms with Crippen LogP contribution in [0.1, 0.15) is 44.9 Å². The lowest BCUT2D eigenvalue weighted by molar-refractivity contribution is -0.154. The second-order valence-electron chi connectivity index (χ2n) is 6.26. The molecule has 2 amide bonds. The minimum Gasteiger partial charge on any atom is -0.481 e. The van der Waals surface area contributed by atoms with Crippen LogP contribution in [0.4, 0.5) is 4.79 Å². The molecule has 1 saturated heterocycles. The molecule has 0 radical (unpaired) electrons. The van der Waals surface area contributed by atoms with E-state index in [2.05, 4.69) is 5.32 Å². The van der Waals surface area contributed by atoms with Gasteiger partial charge in [-0.15, -0.1) is 0 Å². The molecule has 2 N–H and O–H groups in total. The predicted molar refractivity (Wildman–Crippen MR) is 78.2 cm³/mol. The number of ether oxygens (including phenoxy) is 1. The molecule has 0 aromatic heterocycles. The van der Waals surface area contributed by atoms with Crippen molar-refractivity contribution >= 4 is 12.0 Å². The van der Waals surface area contributed by atoms with E-state index in [4.69, 9.17) is 4.74 Å². The molecule has 0 aromatic carbocycles. The Hall–Kier alpha value is -1.30. The third-order valence-corrected chi connectivity index (χ3v) is 4.92. The van der Waals surface area contributed by atoms with Crippen molar-refractivity contribution in [1.29, 1.82) is 0 Å². The maximum absolute atomic E-state index is 12.2. The van der Waals surface area contributed by atoms with Gasteiger partial charge in [0.25, 0.3) is 0 Å². The average Bonchev–Trinajstić information content (AvgIpc) is 2.53. The van der Waals surface area contributed by atoms with Gasteiger partial charge in [-0.2, -0.15) is 0 Å². The summed E-state index contributed by atoms with van der Waals surface area (Å²) < 4.78 is 5.24. The van der Waals surface area contributed by atoms with E-state index in [1.54, 1.807) is 4.90 Å². The van der Waals surface area contributed by atoms with Crippen LogP contribution in [0, 0.1) is 5.41 Å². The van der Waals surface area contributed by atoms with E-state index >= 15 is 0 Å². The van der Waals surface area contributed by atoms with Gasteiger partial charge in [-0.3, -0.25) is 4.79 Å². The highest BCUT2D eigenvalue weighted by molar-refractivity contribution is 5.78. The molecule has 0 unspecified atom stereocenters. The van der Waals surface area contributed by atoms with Crippen LogP contribution >= 0.6 is 0 Å². The van der Waals surface area contributed by atoms with Crippen molar-refractivity contribution in [1.82, 2.24) is 10.2 Å². The number of aliphatic carboxylic acids is 1. The molecule has 0 aromatic rings. The summed E-state index contributed by atoms with van der Waals surface area (Å²) in [7, 11) is 1.81. The molecule has 21 heavy (non-hydrogen) atoms. The second-order valence-corrected chi connectivity index (χ2v) is 6.26. The average molecular weight is 298 g/mol. The van der Waals surface area contributed by atoms with Crippen molar-refractivity contribution in [2.75, 3.05) is 26.8 Å². The van der Waals surface area contributed by atoms with Crippen LogP contribution in [0.15, 0.2) is 0 Å². The second kappa shape index (κ2) is 7.11. The number of nitrogens with one attached hydrogen (secondary N) is 1. The van der Waals surface area contributed by atoms with E-state index in [1.807, 2.05) is 7.05 Å².